The van der Waals surface area contributed by atoms with Crippen LogP contribution in [-0.4, -0.2) is 10.8 Å². The van der Waals surface area contributed by atoms with Crippen molar-refractivity contribution in [3.05, 3.63) is 63.6 Å². The maximum absolute atomic E-state index is 13.3. The molecule has 0 atom stereocenters. The van der Waals surface area contributed by atoms with Gasteiger partial charge in [0, 0.05) is 17.5 Å². The molecule has 0 aliphatic carbocycles. The molecule has 0 unspecified atom stereocenters. The van der Waals surface area contributed by atoms with Crippen molar-refractivity contribution in [3.63, 3.8) is 0 Å². The van der Waals surface area contributed by atoms with Gasteiger partial charge in [-0.05, 0) is 46.6 Å². The second kappa shape index (κ2) is 5.40. The van der Waals surface area contributed by atoms with E-state index in [1.165, 1.54) is 12.1 Å². The Kier molecular flexibility index (Phi) is 3.87. The Morgan fingerprint density at radius 1 is 1.33 bits per heavy atom. The molecule has 2 rings (SSSR count). The van der Waals surface area contributed by atoms with E-state index in [9.17, 15) is 9.18 Å². The maximum atomic E-state index is 13.3. The number of carbonyl (C=O) groups is 1. The summed E-state index contributed by atoms with van der Waals surface area (Å²) in [6, 6.07) is 8.08. The van der Waals surface area contributed by atoms with Gasteiger partial charge in [0.2, 0.25) is 0 Å². The lowest BCUT2D eigenvalue weighted by Gasteiger charge is -2.02. The van der Waals surface area contributed by atoms with E-state index in [2.05, 4.69) is 20.9 Å². The predicted octanol–water partition coefficient (Wildman–Crippen LogP) is 3.72. The van der Waals surface area contributed by atoms with Crippen LogP contribution in [0.4, 0.5) is 4.39 Å². The molecule has 0 radical (unpaired) electrons. The smallest absolute Gasteiger partial charge is 0.168 e. The summed E-state index contributed by atoms with van der Waals surface area (Å²) >= 11 is 3.05. The number of benzene rings is 1. The van der Waals surface area contributed by atoms with Gasteiger partial charge >= 0.3 is 0 Å². The normalized spacial score (nSPS) is 10.4. The fraction of sp³-hybridized carbons (Fsp3) is 0.143. The lowest BCUT2D eigenvalue weighted by atomic mass is 10.1. The van der Waals surface area contributed by atoms with Crippen LogP contribution in [0.25, 0.3) is 0 Å². The molecule has 18 heavy (non-hydrogen) atoms. The zero-order chi connectivity index (χ0) is 13.1. The lowest BCUT2D eigenvalue weighted by molar-refractivity contribution is 0.0991. The van der Waals surface area contributed by atoms with Gasteiger partial charge in [-0.15, -0.1) is 0 Å². The highest BCUT2D eigenvalue weighted by atomic mass is 79.9. The molecule has 92 valence electrons. The van der Waals surface area contributed by atoms with Gasteiger partial charge in [-0.25, -0.2) is 4.39 Å². The monoisotopic (exact) mass is 307 g/mol. The van der Waals surface area contributed by atoms with Gasteiger partial charge in [-0.1, -0.05) is 12.1 Å². The molecule has 0 saturated heterocycles. The van der Waals surface area contributed by atoms with Crippen molar-refractivity contribution in [1.29, 1.82) is 0 Å². The molecule has 1 aromatic heterocycles. The molecule has 0 saturated carbocycles. The average molecular weight is 308 g/mol. The standard InChI is InChI=1S/C14H11BrFNO/c1-9-2-4-11(17-8-9)7-14(18)10-3-5-12(15)13(16)6-10/h2-6,8H,7H2,1H3. The Morgan fingerprint density at radius 3 is 2.72 bits per heavy atom. The van der Waals surface area contributed by atoms with Crippen molar-refractivity contribution in [2.75, 3.05) is 0 Å². The molecule has 0 bridgehead atoms. The van der Waals surface area contributed by atoms with Gasteiger partial charge in [0.25, 0.3) is 0 Å². The number of rotatable bonds is 3. The number of hydrogen-bond acceptors (Lipinski definition) is 2. The molecule has 1 aromatic carbocycles. The molecular formula is C14H11BrFNO. The molecule has 2 nitrogen and oxygen atoms in total. The van der Waals surface area contributed by atoms with Crippen molar-refractivity contribution < 1.29 is 9.18 Å². The minimum absolute atomic E-state index is 0.141. The highest BCUT2D eigenvalue weighted by Gasteiger charge is 2.10. The molecule has 0 N–H and O–H groups in total. The van der Waals surface area contributed by atoms with Crippen molar-refractivity contribution in [2.24, 2.45) is 0 Å². The quantitative estimate of drug-likeness (QED) is 0.809. The van der Waals surface area contributed by atoms with Crippen LogP contribution in [0, 0.1) is 12.7 Å². The number of pyridine rings is 1. The van der Waals surface area contributed by atoms with E-state index in [1.807, 2.05) is 19.1 Å². The molecule has 1 heterocycles. The van der Waals surface area contributed by atoms with Crippen LogP contribution >= 0.6 is 15.9 Å². The summed E-state index contributed by atoms with van der Waals surface area (Å²) < 4.78 is 13.7. The first-order chi connectivity index (χ1) is 8.56. The lowest BCUT2D eigenvalue weighted by Crippen LogP contribution is -2.05. The van der Waals surface area contributed by atoms with Crippen LogP contribution in [0.3, 0.4) is 0 Å². The predicted molar refractivity (Wildman–Crippen MR) is 71.1 cm³/mol. The molecule has 0 fully saturated rings. The van der Waals surface area contributed by atoms with E-state index in [4.69, 9.17) is 0 Å². The van der Waals surface area contributed by atoms with Gasteiger partial charge < -0.3 is 0 Å². The third kappa shape index (κ3) is 3.01. The fourth-order valence-electron chi connectivity index (χ4n) is 1.54. The van der Waals surface area contributed by atoms with Crippen molar-refractivity contribution in [1.82, 2.24) is 4.98 Å². The van der Waals surface area contributed by atoms with Gasteiger partial charge in [-0.2, -0.15) is 0 Å². The minimum Gasteiger partial charge on any atom is -0.294 e. The SMILES string of the molecule is Cc1ccc(CC(=O)c2ccc(Br)c(F)c2)nc1. The van der Waals surface area contributed by atoms with Crippen LogP contribution < -0.4 is 0 Å². The van der Waals surface area contributed by atoms with Gasteiger partial charge in [0.15, 0.2) is 5.78 Å². The maximum Gasteiger partial charge on any atom is 0.168 e. The Labute approximate surface area is 113 Å². The Morgan fingerprint density at radius 2 is 2.11 bits per heavy atom. The number of aryl methyl sites for hydroxylation is 1. The summed E-state index contributed by atoms with van der Waals surface area (Å²) in [7, 11) is 0. The van der Waals surface area contributed by atoms with Gasteiger partial charge in [0.05, 0.1) is 10.9 Å². The van der Waals surface area contributed by atoms with Crippen molar-refractivity contribution in [3.8, 4) is 0 Å². The molecule has 0 amide bonds. The van der Waals surface area contributed by atoms with Crippen molar-refractivity contribution >= 4 is 21.7 Å². The molecule has 0 aliphatic rings. The van der Waals surface area contributed by atoms with Crippen LogP contribution in [0.1, 0.15) is 21.6 Å². The van der Waals surface area contributed by atoms with Gasteiger partial charge in [0.1, 0.15) is 5.82 Å². The van der Waals surface area contributed by atoms with Crippen LogP contribution in [-0.2, 0) is 6.42 Å². The first-order valence-electron chi connectivity index (χ1n) is 5.46. The number of Topliss-reactive ketones (excluding diaryl/α,β-unsaturated/α-hetero) is 1. The summed E-state index contributed by atoms with van der Waals surface area (Å²) in [6.07, 6.45) is 1.89. The molecule has 2 aromatic rings. The Bertz CT molecular complexity index is 581. The topological polar surface area (TPSA) is 30.0 Å². The van der Waals surface area contributed by atoms with E-state index in [1.54, 1.807) is 12.3 Å². The summed E-state index contributed by atoms with van der Waals surface area (Å²) in [5.41, 5.74) is 2.09. The summed E-state index contributed by atoms with van der Waals surface area (Å²) in [5.74, 6) is -0.574. The van der Waals surface area contributed by atoms with Crippen molar-refractivity contribution in [2.45, 2.75) is 13.3 Å². The summed E-state index contributed by atoms with van der Waals surface area (Å²) in [5, 5.41) is 0. The first kappa shape index (κ1) is 12.9. The third-order valence-corrected chi connectivity index (χ3v) is 3.20. The largest absolute Gasteiger partial charge is 0.294 e. The van der Waals surface area contributed by atoms with Crippen LogP contribution in [0.5, 0.6) is 0 Å². The molecular weight excluding hydrogens is 297 g/mol. The molecule has 4 heteroatoms. The Balaban J connectivity index is 2.16. The van der Waals surface area contributed by atoms with E-state index < -0.39 is 5.82 Å². The third-order valence-electron chi connectivity index (χ3n) is 2.56. The molecule has 0 spiro atoms. The zero-order valence-electron chi connectivity index (χ0n) is 9.78. The first-order valence-corrected chi connectivity index (χ1v) is 6.25. The number of nitrogens with zero attached hydrogens (tertiary/aromatic N) is 1. The van der Waals surface area contributed by atoms with Crippen LogP contribution in [0.2, 0.25) is 0 Å². The fourth-order valence-corrected chi connectivity index (χ4v) is 1.79. The minimum atomic E-state index is -0.433. The number of hydrogen-bond donors (Lipinski definition) is 0. The van der Waals surface area contributed by atoms with Crippen LogP contribution in [0.15, 0.2) is 41.0 Å². The highest BCUT2D eigenvalue weighted by Crippen LogP contribution is 2.17. The van der Waals surface area contributed by atoms with E-state index in [0.717, 1.165) is 5.56 Å². The number of carbonyl (C=O) groups excluding carboxylic acids is 1. The molecule has 0 aliphatic heterocycles. The summed E-state index contributed by atoms with van der Waals surface area (Å²) in [6.45, 7) is 1.93. The zero-order valence-corrected chi connectivity index (χ0v) is 11.4. The van der Waals surface area contributed by atoms with E-state index in [-0.39, 0.29) is 12.2 Å². The average Bonchev–Trinajstić information content (AvgIpc) is 2.35. The van der Waals surface area contributed by atoms with Gasteiger partial charge in [-0.3, -0.25) is 9.78 Å². The number of aromatic nitrogens is 1. The number of halogens is 2. The van der Waals surface area contributed by atoms with E-state index in [0.29, 0.717) is 15.7 Å². The second-order valence-electron chi connectivity index (χ2n) is 4.06. The highest BCUT2D eigenvalue weighted by molar-refractivity contribution is 9.10. The summed E-state index contributed by atoms with van der Waals surface area (Å²) in [4.78, 5) is 16.1. The Hall–Kier alpha value is -1.55. The second-order valence-corrected chi connectivity index (χ2v) is 4.91. The number of ketones is 1. The van der Waals surface area contributed by atoms with E-state index >= 15 is 0 Å².